The van der Waals surface area contributed by atoms with Gasteiger partial charge in [-0.2, -0.15) is 0 Å². The first-order chi connectivity index (χ1) is 10.7. The minimum atomic E-state index is 0.627. The minimum Gasteiger partial charge on any atom is -0.497 e. The van der Waals surface area contributed by atoms with Crippen molar-refractivity contribution >= 4 is 10.9 Å². The molecular weight excluding hydrogens is 280 g/mol. The molecule has 3 aromatic rings. The maximum Gasteiger partial charge on any atom is 0.159 e. The van der Waals surface area contributed by atoms with Gasteiger partial charge in [-0.1, -0.05) is 12.1 Å². The summed E-state index contributed by atoms with van der Waals surface area (Å²) in [5.74, 6) is 2.78. The van der Waals surface area contributed by atoms with Gasteiger partial charge in [0, 0.05) is 23.9 Å². The standard InChI is InChI=1S/C17H16N2O3/c1-20-12-6-4-5-11(7-12)17-18-10-14-15(19-17)8-13(21-2)9-16(14)22-3/h4-10H,1-3H3. The third kappa shape index (κ3) is 2.53. The van der Waals surface area contributed by atoms with Crippen LogP contribution in [-0.2, 0) is 0 Å². The molecule has 0 amide bonds. The van der Waals surface area contributed by atoms with Crippen LogP contribution >= 0.6 is 0 Å². The Kier molecular flexibility index (Phi) is 3.78. The summed E-state index contributed by atoms with van der Waals surface area (Å²) in [5, 5.41) is 0.843. The molecule has 0 aliphatic rings. The zero-order valence-electron chi connectivity index (χ0n) is 12.7. The topological polar surface area (TPSA) is 53.5 Å². The van der Waals surface area contributed by atoms with Crippen molar-refractivity contribution in [3.8, 4) is 28.6 Å². The third-order valence-corrected chi connectivity index (χ3v) is 3.42. The van der Waals surface area contributed by atoms with E-state index in [-0.39, 0.29) is 0 Å². The number of benzene rings is 2. The van der Waals surface area contributed by atoms with Crippen molar-refractivity contribution in [3.63, 3.8) is 0 Å². The van der Waals surface area contributed by atoms with Crippen molar-refractivity contribution < 1.29 is 14.2 Å². The Morgan fingerprint density at radius 2 is 1.68 bits per heavy atom. The monoisotopic (exact) mass is 296 g/mol. The van der Waals surface area contributed by atoms with Gasteiger partial charge in [-0.25, -0.2) is 9.97 Å². The Morgan fingerprint density at radius 3 is 2.41 bits per heavy atom. The molecular formula is C17H16N2O3. The summed E-state index contributed by atoms with van der Waals surface area (Å²) < 4.78 is 15.9. The highest BCUT2D eigenvalue weighted by atomic mass is 16.5. The Labute approximate surface area is 128 Å². The molecule has 0 spiro atoms. The molecule has 0 saturated heterocycles. The first-order valence-corrected chi connectivity index (χ1v) is 6.78. The van der Waals surface area contributed by atoms with Gasteiger partial charge in [0.25, 0.3) is 0 Å². The zero-order valence-corrected chi connectivity index (χ0v) is 12.7. The molecule has 0 radical (unpaired) electrons. The van der Waals surface area contributed by atoms with E-state index in [1.165, 1.54) is 0 Å². The molecule has 0 saturated carbocycles. The Hall–Kier alpha value is -2.82. The van der Waals surface area contributed by atoms with Gasteiger partial charge in [0.05, 0.1) is 32.2 Å². The van der Waals surface area contributed by atoms with Crippen LogP contribution in [0.15, 0.2) is 42.6 Å². The SMILES string of the molecule is COc1cccc(-c2ncc3c(OC)cc(OC)cc3n2)c1. The summed E-state index contributed by atoms with van der Waals surface area (Å²) in [6.07, 6.45) is 1.76. The number of methoxy groups -OCH3 is 3. The Morgan fingerprint density at radius 1 is 0.864 bits per heavy atom. The fourth-order valence-corrected chi connectivity index (χ4v) is 2.27. The van der Waals surface area contributed by atoms with Gasteiger partial charge in [-0.15, -0.1) is 0 Å². The predicted octanol–water partition coefficient (Wildman–Crippen LogP) is 3.32. The summed E-state index contributed by atoms with van der Waals surface area (Å²) in [5.41, 5.74) is 1.66. The highest BCUT2D eigenvalue weighted by Gasteiger charge is 2.10. The Balaban J connectivity index is 2.16. The van der Waals surface area contributed by atoms with Gasteiger partial charge in [0.2, 0.25) is 0 Å². The summed E-state index contributed by atoms with van der Waals surface area (Å²) in [7, 11) is 4.87. The van der Waals surface area contributed by atoms with E-state index in [9.17, 15) is 0 Å². The number of ether oxygens (including phenoxy) is 3. The van der Waals surface area contributed by atoms with Crippen molar-refractivity contribution in [1.82, 2.24) is 9.97 Å². The van der Waals surface area contributed by atoms with Crippen LogP contribution in [0.25, 0.3) is 22.3 Å². The second-order valence-corrected chi connectivity index (χ2v) is 4.69. The van der Waals surface area contributed by atoms with Gasteiger partial charge < -0.3 is 14.2 Å². The van der Waals surface area contributed by atoms with E-state index in [0.717, 1.165) is 22.2 Å². The van der Waals surface area contributed by atoms with Gasteiger partial charge in [-0.05, 0) is 12.1 Å². The molecule has 0 N–H and O–H groups in total. The molecule has 0 unspecified atom stereocenters. The smallest absolute Gasteiger partial charge is 0.159 e. The first-order valence-electron chi connectivity index (χ1n) is 6.78. The largest absolute Gasteiger partial charge is 0.497 e. The average molecular weight is 296 g/mol. The second kappa shape index (κ2) is 5.89. The van der Waals surface area contributed by atoms with Crippen molar-refractivity contribution in [3.05, 3.63) is 42.6 Å². The number of rotatable bonds is 4. The van der Waals surface area contributed by atoms with Crippen LogP contribution in [-0.4, -0.2) is 31.3 Å². The normalized spacial score (nSPS) is 10.5. The summed E-state index contributed by atoms with van der Waals surface area (Å²) >= 11 is 0. The van der Waals surface area contributed by atoms with Crippen LogP contribution in [0.1, 0.15) is 0 Å². The fraction of sp³-hybridized carbons (Fsp3) is 0.176. The molecule has 0 fully saturated rings. The van der Waals surface area contributed by atoms with Crippen LogP contribution in [0.4, 0.5) is 0 Å². The molecule has 3 rings (SSSR count). The second-order valence-electron chi connectivity index (χ2n) is 4.69. The molecule has 5 nitrogen and oxygen atoms in total. The van der Waals surface area contributed by atoms with Crippen molar-refractivity contribution in [2.75, 3.05) is 21.3 Å². The average Bonchev–Trinajstić information content (AvgIpc) is 2.60. The molecule has 0 aliphatic carbocycles. The number of fused-ring (bicyclic) bond motifs is 1. The van der Waals surface area contributed by atoms with E-state index in [1.807, 2.05) is 36.4 Å². The van der Waals surface area contributed by atoms with Gasteiger partial charge in [0.15, 0.2) is 5.82 Å². The fourth-order valence-electron chi connectivity index (χ4n) is 2.27. The van der Waals surface area contributed by atoms with E-state index in [4.69, 9.17) is 14.2 Å². The molecule has 0 atom stereocenters. The van der Waals surface area contributed by atoms with Crippen LogP contribution in [0.5, 0.6) is 17.2 Å². The summed E-state index contributed by atoms with van der Waals surface area (Å²) in [6, 6.07) is 11.3. The summed E-state index contributed by atoms with van der Waals surface area (Å²) in [6.45, 7) is 0. The van der Waals surface area contributed by atoms with Crippen molar-refractivity contribution in [1.29, 1.82) is 0 Å². The van der Waals surface area contributed by atoms with E-state index in [2.05, 4.69) is 9.97 Å². The van der Waals surface area contributed by atoms with E-state index in [1.54, 1.807) is 27.5 Å². The minimum absolute atomic E-state index is 0.627. The van der Waals surface area contributed by atoms with Crippen LogP contribution in [0.2, 0.25) is 0 Å². The van der Waals surface area contributed by atoms with Gasteiger partial charge in [-0.3, -0.25) is 0 Å². The van der Waals surface area contributed by atoms with Crippen molar-refractivity contribution in [2.24, 2.45) is 0 Å². The maximum absolute atomic E-state index is 5.37. The predicted molar refractivity (Wildman–Crippen MR) is 84.6 cm³/mol. The highest BCUT2D eigenvalue weighted by molar-refractivity contribution is 5.87. The van der Waals surface area contributed by atoms with Crippen LogP contribution in [0.3, 0.4) is 0 Å². The number of aromatic nitrogens is 2. The lowest BCUT2D eigenvalue weighted by Crippen LogP contribution is -1.94. The summed E-state index contributed by atoms with van der Waals surface area (Å²) in [4.78, 5) is 9.04. The molecule has 112 valence electrons. The van der Waals surface area contributed by atoms with Crippen LogP contribution in [0, 0.1) is 0 Å². The molecule has 2 aromatic carbocycles. The number of hydrogen-bond donors (Lipinski definition) is 0. The van der Waals surface area contributed by atoms with Gasteiger partial charge in [0.1, 0.15) is 17.2 Å². The highest BCUT2D eigenvalue weighted by Crippen LogP contribution is 2.31. The van der Waals surface area contributed by atoms with Crippen LogP contribution < -0.4 is 14.2 Å². The molecule has 0 aliphatic heterocycles. The number of nitrogens with zero attached hydrogens (tertiary/aromatic N) is 2. The maximum atomic E-state index is 5.37. The van der Waals surface area contributed by atoms with E-state index in [0.29, 0.717) is 17.3 Å². The molecule has 5 heteroatoms. The molecule has 1 heterocycles. The van der Waals surface area contributed by atoms with E-state index >= 15 is 0 Å². The quantitative estimate of drug-likeness (QED) is 0.739. The zero-order chi connectivity index (χ0) is 15.5. The molecule has 1 aromatic heterocycles. The lowest BCUT2D eigenvalue weighted by molar-refractivity contribution is 0.397. The lowest BCUT2D eigenvalue weighted by Gasteiger charge is -2.09. The number of hydrogen-bond acceptors (Lipinski definition) is 5. The van der Waals surface area contributed by atoms with Gasteiger partial charge >= 0.3 is 0 Å². The lowest BCUT2D eigenvalue weighted by atomic mass is 10.1. The van der Waals surface area contributed by atoms with Crippen molar-refractivity contribution in [2.45, 2.75) is 0 Å². The Bertz CT molecular complexity index is 818. The first kappa shape index (κ1) is 14.1. The molecule has 22 heavy (non-hydrogen) atoms. The molecule has 0 bridgehead atoms. The third-order valence-electron chi connectivity index (χ3n) is 3.42. The van der Waals surface area contributed by atoms with E-state index < -0.39 is 0 Å².